The summed E-state index contributed by atoms with van der Waals surface area (Å²) in [5.41, 5.74) is 1.66. The predicted octanol–water partition coefficient (Wildman–Crippen LogP) is 3.63. The number of hydrogen-bond donors (Lipinski definition) is 2. The summed E-state index contributed by atoms with van der Waals surface area (Å²) in [5, 5.41) is 6.29. The number of aromatic nitrogens is 1. The van der Waals surface area contributed by atoms with Crippen LogP contribution in [0, 0.1) is 5.92 Å². The van der Waals surface area contributed by atoms with Crippen molar-refractivity contribution in [2.45, 2.75) is 59.9 Å². The normalized spacial score (nSPS) is 13.6. The second kappa shape index (κ2) is 8.65. The topological polar surface area (TPSA) is 54.0 Å². The van der Waals surface area contributed by atoms with Gasteiger partial charge >= 0.3 is 0 Å². The fourth-order valence-electron chi connectivity index (χ4n) is 2.16. The molecule has 1 rings (SSSR count). The highest BCUT2D eigenvalue weighted by atomic mass is 16.1. The monoisotopic (exact) mass is 291 g/mol. The summed E-state index contributed by atoms with van der Waals surface area (Å²) in [4.78, 5) is 17.0. The van der Waals surface area contributed by atoms with Gasteiger partial charge in [0, 0.05) is 23.8 Å². The average Bonchev–Trinajstić information content (AvgIpc) is 2.46. The minimum atomic E-state index is -0.0123. The zero-order valence-electron chi connectivity index (χ0n) is 14.0. The van der Waals surface area contributed by atoms with Gasteiger partial charge in [-0.05, 0) is 38.3 Å². The first-order valence-electron chi connectivity index (χ1n) is 8.07. The molecule has 1 aromatic heterocycles. The van der Waals surface area contributed by atoms with Gasteiger partial charge in [-0.2, -0.15) is 0 Å². The molecule has 2 unspecified atom stereocenters. The van der Waals surface area contributed by atoms with Gasteiger partial charge in [0.2, 0.25) is 0 Å². The van der Waals surface area contributed by atoms with E-state index >= 15 is 0 Å². The first-order chi connectivity index (χ1) is 10.0. The molecule has 21 heavy (non-hydrogen) atoms. The number of aryl methyl sites for hydroxylation is 1. The molecule has 0 saturated carbocycles. The lowest BCUT2D eigenvalue weighted by atomic mass is 10.0. The SMILES string of the molecule is CCCc1cc(C(=O)NC(C)C(C)CC)cc(NCC)n1. The maximum atomic E-state index is 12.4. The van der Waals surface area contributed by atoms with Crippen LogP contribution >= 0.6 is 0 Å². The van der Waals surface area contributed by atoms with E-state index in [0.717, 1.165) is 37.3 Å². The highest BCUT2D eigenvalue weighted by Gasteiger charge is 2.15. The Hall–Kier alpha value is -1.58. The van der Waals surface area contributed by atoms with Gasteiger partial charge < -0.3 is 10.6 Å². The lowest BCUT2D eigenvalue weighted by Crippen LogP contribution is -2.37. The number of pyridine rings is 1. The number of nitrogens with one attached hydrogen (secondary N) is 2. The van der Waals surface area contributed by atoms with Crippen LogP contribution in [0.25, 0.3) is 0 Å². The Kier molecular flexibility index (Phi) is 7.20. The molecule has 0 aliphatic rings. The summed E-state index contributed by atoms with van der Waals surface area (Å²) in [6.07, 6.45) is 2.97. The number of rotatable bonds is 8. The van der Waals surface area contributed by atoms with Crippen molar-refractivity contribution in [3.63, 3.8) is 0 Å². The fourth-order valence-corrected chi connectivity index (χ4v) is 2.16. The van der Waals surface area contributed by atoms with E-state index in [1.807, 2.05) is 19.1 Å². The summed E-state index contributed by atoms with van der Waals surface area (Å²) in [6.45, 7) is 11.3. The number of hydrogen-bond acceptors (Lipinski definition) is 3. The van der Waals surface area contributed by atoms with Gasteiger partial charge in [0.05, 0.1) is 0 Å². The van der Waals surface area contributed by atoms with Crippen LogP contribution in [-0.4, -0.2) is 23.5 Å². The minimum absolute atomic E-state index is 0.0123. The summed E-state index contributed by atoms with van der Waals surface area (Å²) in [7, 11) is 0. The van der Waals surface area contributed by atoms with Crippen LogP contribution in [0.15, 0.2) is 12.1 Å². The van der Waals surface area contributed by atoms with E-state index in [9.17, 15) is 4.79 Å². The van der Waals surface area contributed by atoms with Crippen molar-refractivity contribution in [1.29, 1.82) is 0 Å². The van der Waals surface area contributed by atoms with E-state index in [1.54, 1.807) is 0 Å². The molecule has 0 spiro atoms. The Morgan fingerprint density at radius 2 is 1.95 bits per heavy atom. The molecule has 4 nitrogen and oxygen atoms in total. The zero-order chi connectivity index (χ0) is 15.8. The molecule has 1 amide bonds. The van der Waals surface area contributed by atoms with Gasteiger partial charge in [0.1, 0.15) is 5.82 Å². The molecule has 2 atom stereocenters. The molecule has 0 fully saturated rings. The van der Waals surface area contributed by atoms with Crippen molar-refractivity contribution < 1.29 is 4.79 Å². The molecule has 2 N–H and O–H groups in total. The lowest BCUT2D eigenvalue weighted by molar-refractivity contribution is 0.0928. The van der Waals surface area contributed by atoms with Gasteiger partial charge in [-0.15, -0.1) is 0 Å². The smallest absolute Gasteiger partial charge is 0.251 e. The lowest BCUT2D eigenvalue weighted by Gasteiger charge is -2.20. The van der Waals surface area contributed by atoms with Crippen molar-refractivity contribution in [1.82, 2.24) is 10.3 Å². The van der Waals surface area contributed by atoms with Crippen LogP contribution < -0.4 is 10.6 Å². The molecule has 1 aromatic rings. The average molecular weight is 291 g/mol. The van der Waals surface area contributed by atoms with Crippen molar-refractivity contribution in [3.05, 3.63) is 23.4 Å². The van der Waals surface area contributed by atoms with Gasteiger partial charge in [-0.1, -0.05) is 33.6 Å². The maximum absolute atomic E-state index is 12.4. The van der Waals surface area contributed by atoms with E-state index < -0.39 is 0 Å². The Balaban J connectivity index is 2.91. The Morgan fingerprint density at radius 3 is 2.52 bits per heavy atom. The molecule has 1 heterocycles. The van der Waals surface area contributed by atoms with Crippen molar-refractivity contribution >= 4 is 11.7 Å². The quantitative estimate of drug-likeness (QED) is 0.769. The summed E-state index contributed by atoms with van der Waals surface area (Å²) in [5.74, 6) is 1.24. The van der Waals surface area contributed by atoms with Gasteiger partial charge in [-0.3, -0.25) is 4.79 Å². The molecule has 4 heteroatoms. The first-order valence-corrected chi connectivity index (χ1v) is 8.07. The first kappa shape index (κ1) is 17.5. The highest BCUT2D eigenvalue weighted by molar-refractivity contribution is 5.95. The number of carbonyl (C=O) groups is 1. The Morgan fingerprint density at radius 1 is 1.24 bits per heavy atom. The Bertz CT molecular complexity index is 435. The molecular formula is C17H29N3O. The number of amides is 1. The maximum Gasteiger partial charge on any atom is 0.251 e. The van der Waals surface area contributed by atoms with Crippen molar-refractivity contribution in [2.24, 2.45) is 5.92 Å². The van der Waals surface area contributed by atoms with Crippen LogP contribution in [0.1, 0.15) is 63.5 Å². The third-order valence-electron chi connectivity index (χ3n) is 3.86. The van der Waals surface area contributed by atoms with Gasteiger partial charge in [-0.25, -0.2) is 4.98 Å². The van der Waals surface area contributed by atoms with Crippen LogP contribution in [0.4, 0.5) is 5.82 Å². The van der Waals surface area contributed by atoms with E-state index in [-0.39, 0.29) is 11.9 Å². The zero-order valence-corrected chi connectivity index (χ0v) is 14.0. The molecule has 0 aliphatic carbocycles. The second-order valence-electron chi connectivity index (χ2n) is 5.66. The number of anilines is 1. The Labute approximate surface area is 128 Å². The highest BCUT2D eigenvalue weighted by Crippen LogP contribution is 2.14. The van der Waals surface area contributed by atoms with E-state index in [1.165, 1.54) is 0 Å². The van der Waals surface area contributed by atoms with E-state index in [0.29, 0.717) is 11.5 Å². The van der Waals surface area contributed by atoms with Gasteiger partial charge in [0.25, 0.3) is 5.91 Å². The molecule has 0 aromatic carbocycles. The van der Waals surface area contributed by atoms with Crippen LogP contribution in [0.2, 0.25) is 0 Å². The summed E-state index contributed by atoms with van der Waals surface area (Å²) >= 11 is 0. The molecule has 0 saturated heterocycles. The molecule has 0 bridgehead atoms. The van der Waals surface area contributed by atoms with Crippen molar-refractivity contribution in [2.75, 3.05) is 11.9 Å². The third kappa shape index (κ3) is 5.37. The predicted molar refractivity (Wildman–Crippen MR) is 88.8 cm³/mol. The fraction of sp³-hybridized carbons (Fsp3) is 0.647. The largest absolute Gasteiger partial charge is 0.370 e. The van der Waals surface area contributed by atoms with Crippen molar-refractivity contribution in [3.8, 4) is 0 Å². The summed E-state index contributed by atoms with van der Waals surface area (Å²) < 4.78 is 0. The molecule has 118 valence electrons. The number of nitrogens with zero attached hydrogens (tertiary/aromatic N) is 1. The van der Waals surface area contributed by atoms with E-state index in [2.05, 4.69) is 43.3 Å². The van der Waals surface area contributed by atoms with Gasteiger partial charge in [0.15, 0.2) is 0 Å². The molecular weight excluding hydrogens is 262 g/mol. The van der Waals surface area contributed by atoms with Crippen LogP contribution in [0.5, 0.6) is 0 Å². The number of carbonyl (C=O) groups excluding carboxylic acids is 1. The van der Waals surface area contributed by atoms with Crippen LogP contribution in [-0.2, 0) is 6.42 Å². The molecule has 0 radical (unpaired) electrons. The van der Waals surface area contributed by atoms with E-state index in [4.69, 9.17) is 0 Å². The van der Waals surface area contributed by atoms with Crippen LogP contribution in [0.3, 0.4) is 0 Å². The standard InChI is InChI=1S/C17H29N3O/c1-6-9-15-10-14(11-16(20-15)18-8-3)17(21)19-13(5)12(4)7-2/h10-13H,6-9H2,1-5H3,(H,18,20)(H,19,21). The summed E-state index contributed by atoms with van der Waals surface area (Å²) in [6, 6.07) is 3.91. The molecule has 0 aliphatic heterocycles. The third-order valence-corrected chi connectivity index (χ3v) is 3.86. The second-order valence-corrected chi connectivity index (χ2v) is 5.66. The minimum Gasteiger partial charge on any atom is -0.370 e.